The first kappa shape index (κ1) is 10.3. The second-order valence-corrected chi connectivity index (χ2v) is 4.65. The fourth-order valence-corrected chi connectivity index (χ4v) is 2.22. The van der Waals surface area contributed by atoms with Gasteiger partial charge in [-0.15, -0.1) is 11.3 Å². The molecular formula is C10H13N3OS. The summed E-state index contributed by atoms with van der Waals surface area (Å²) >= 11 is 1.68. The minimum absolute atomic E-state index is 0.612. The van der Waals surface area contributed by atoms with Gasteiger partial charge in [0.25, 0.3) is 5.89 Å². The van der Waals surface area contributed by atoms with E-state index in [4.69, 9.17) is 4.52 Å². The van der Waals surface area contributed by atoms with Gasteiger partial charge < -0.3 is 9.84 Å². The van der Waals surface area contributed by atoms with Gasteiger partial charge in [-0.1, -0.05) is 5.16 Å². The maximum Gasteiger partial charge on any atom is 0.268 e. The molecule has 2 heterocycles. The maximum atomic E-state index is 5.18. The van der Waals surface area contributed by atoms with Crippen molar-refractivity contribution in [1.29, 1.82) is 0 Å². The van der Waals surface area contributed by atoms with Crippen LogP contribution in [-0.2, 0) is 6.54 Å². The number of hydrogen-bond donors (Lipinski definition) is 1. The SMILES string of the molecule is CNCc1noc(-c2cc(C)c(C)s2)n1. The van der Waals surface area contributed by atoms with Gasteiger partial charge in [0.15, 0.2) is 5.82 Å². The van der Waals surface area contributed by atoms with Gasteiger partial charge in [0.1, 0.15) is 0 Å². The molecule has 0 amide bonds. The van der Waals surface area contributed by atoms with Crippen LogP contribution in [0.3, 0.4) is 0 Å². The Morgan fingerprint density at radius 3 is 2.87 bits per heavy atom. The predicted octanol–water partition coefficient (Wildman–Crippen LogP) is 2.13. The summed E-state index contributed by atoms with van der Waals surface area (Å²) in [5.41, 5.74) is 1.27. The smallest absolute Gasteiger partial charge is 0.268 e. The van der Waals surface area contributed by atoms with Gasteiger partial charge in [-0.2, -0.15) is 4.98 Å². The summed E-state index contributed by atoms with van der Waals surface area (Å²) in [6, 6.07) is 2.08. The van der Waals surface area contributed by atoms with E-state index in [9.17, 15) is 0 Å². The Kier molecular flexibility index (Phi) is 2.83. The number of rotatable bonds is 3. The van der Waals surface area contributed by atoms with E-state index in [1.165, 1.54) is 10.4 Å². The molecule has 0 saturated heterocycles. The fraction of sp³-hybridized carbons (Fsp3) is 0.400. The van der Waals surface area contributed by atoms with Crippen molar-refractivity contribution in [3.05, 3.63) is 22.3 Å². The van der Waals surface area contributed by atoms with E-state index in [1.54, 1.807) is 11.3 Å². The molecular weight excluding hydrogens is 210 g/mol. The van der Waals surface area contributed by atoms with Crippen LogP contribution in [0, 0.1) is 13.8 Å². The fourth-order valence-electron chi connectivity index (χ4n) is 1.26. The molecule has 0 radical (unpaired) electrons. The van der Waals surface area contributed by atoms with Crippen molar-refractivity contribution in [2.45, 2.75) is 20.4 Å². The average Bonchev–Trinajstić information content (AvgIpc) is 2.76. The first-order valence-electron chi connectivity index (χ1n) is 4.75. The quantitative estimate of drug-likeness (QED) is 0.866. The van der Waals surface area contributed by atoms with E-state index in [0.717, 1.165) is 4.88 Å². The second-order valence-electron chi connectivity index (χ2n) is 3.40. The van der Waals surface area contributed by atoms with Crippen LogP contribution >= 0.6 is 11.3 Å². The molecule has 0 aromatic carbocycles. The molecule has 15 heavy (non-hydrogen) atoms. The zero-order chi connectivity index (χ0) is 10.8. The summed E-state index contributed by atoms with van der Waals surface area (Å²) in [6.07, 6.45) is 0. The van der Waals surface area contributed by atoms with Crippen molar-refractivity contribution >= 4 is 11.3 Å². The molecule has 2 aromatic rings. The Bertz CT molecular complexity index is 441. The van der Waals surface area contributed by atoms with E-state index < -0.39 is 0 Å². The molecule has 0 aliphatic heterocycles. The molecule has 0 bridgehead atoms. The molecule has 1 N–H and O–H groups in total. The van der Waals surface area contributed by atoms with Crippen molar-refractivity contribution in [2.75, 3.05) is 7.05 Å². The Hall–Kier alpha value is -1.20. The van der Waals surface area contributed by atoms with Crippen molar-refractivity contribution < 1.29 is 4.52 Å². The van der Waals surface area contributed by atoms with E-state index in [0.29, 0.717) is 18.3 Å². The summed E-state index contributed by atoms with van der Waals surface area (Å²) in [6.45, 7) is 4.81. The number of thiophene rings is 1. The van der Waals surface area contributed by atoms with Crippen LogP contribution in [0.15, 0.2) is 10.6 Å². The van der Waals surface area contributed by atoms with Crippen molar-refractivity contribution in [3.63, 3.8) is 0 Å². The van der Waals surface area contributed by atoms with Gasteiger partial charge >= 0.3 is 0 Å². The lowest BCUT2D eigenvalue weighted by Crippen LogP contribution is -2.06. The zero-order valence-corrected chi connectivity index (χ0v) is 9.81. The third kappa shape index (κ3) is 2.08. The molecule has 0 fully saturated rings. The highest BCUT2D eigenvalue weighted by molar-refractivity contribution is 7.15. The van der Waals surface area contributed by atoms with E-state index >= 15 is 0 Å². The average molecular weight is 223 g/mol. The summed E-state index contributed by atoms with van der Waals surface area (Å²) in [4.78, 5) is 6.63. The van der Waals surface area contributed by atoms with Gasteiger partial charge in [0.2, 0.25) is 0 Å². The van der Waals surface area contributed by atoms with Gasteiger partial charge in [0.05, 0.1) is 11.4 Å². The molecule has 0 spiro atoms. The standard InChI is InChI=1S/C10H13N3OS/c1-6-4-8(15-7(6)2)10-12-9(5-11-3)13-14-10/h4,11H,5H2,1-3H3. The van der Waals surface area contributed by atoms with Crippen LogP contribution in [0.2, 0.25) is 0 Å². The topological polar surface area (TPSA) is 51.0 Å². The number of aryl methyl sites for hydroxylation is 2. The Morgan fingerprint density at radius 2 is 2.27 bits per heavy atom. The molecule has 2 aromatic heterocycles. The van der Waals surface area contributed by atoms with Crippen LogP contribution in [-0.4, -0.2) is 17.2 Å². The largest absolute Gasteiger partial charge is 0.333 e. The number of nitrogens with zero attached hydrogens (tertiary/aromatic N) is 2. The second kappa shape index (κ2) is 4.12. The Labute approximate surface area is 92.3 Å². The van der Waals surface area contributed by atoms with E-state index in [-0.39, 0.29) is 0 Å². The summed E-state index contributed by atoms with van der Waals surface area (Å²) < 4.78 is 5.18. The van der Waals surface area contributed by atoms with Crippen LogP contribution in [0.1, 0.15) is 16.3 Å². The molecule has 5 heteroatoms. The molecule has 0 unspecified atom stereocenters. The lowest BCUT2D eigenvalue weighted by Gasteiger charge is -1.86. The lowest BCUT2D eigenvalue weighted by molar-refractivity contribution is 0.421. The van der Waals surface area contributed by atoms with Gasteiger partial charge in [-0.25, -0.2) is 0 Å². The monoisotopic (exact) mass is 223 g/mol. The number of aromatic nitrogens is 2. The summed E-state index contributed by atoms with van der Waals surface area (Å²) in [5, 5.41) is 6.86. The highest BCUT2D eigenvalue weighted by atomic mass is 32.1. The van der Waals surface area contributed by atoms with Crippen molar-refractivity contribution in [1.82, 2.24) is 15.5 Å². The Morgan fingerprint density at radius 1 is 1.47 bits per heavy atom. The number of hydrogen-bond acceptors (Lipinski definition) is 5. The first-order valence-corrected chi connectivity index (χ1v) is 5.57. The highest BCUT2D eigenvalue weighted by Crippen LogP contribution is 2.29. The summed E-state index contributed by atoms with van der Waals surface area (Å²) in [7, 11) is 1.86. The molecule has 4 nitrogen and oxygen atoms in total. The maximum absolute atomic E-state index is 5.18. The van der Waals surface area contributed by atoms with Crippen LogP contribution in [0.5, 0.6) is 0 Å². The summed E-state index contributed by atoms with van der Waals surface area (Å²) in [5.74, 6) is 1.30. The Balaban J connectivity index is 2.28. The van der Waals surface area contributed by atoms with Crippen LogP contribution in [0.4, 0.5) is 0 Å². The molecule has 0 aliphatic rings. The van der Waals surface area contributed by atoms with Gasteiger partial charge in [-0.3, -0.25) is 0 Å². The third-order valence-electron chi connectivity index (χ3n) is 2.18. The van der Waals surface area contributed by atoms with Crippen LogP contribution < -0.4 is 5.32 Å². The molecule has 80 valence electrons. The van der Waals surface area contributed by atoms with Gasteiger partial charge in [0, 0.05) is 4.88 Å². The minimum Gasteiger partial charge on any atom is -0.333 e. The number of nitrogens with one attached hydrogen (secondary N) is 1. The minimum atomic E-state index is 0.612. The normalized spacial score (nSPS) is 10.9. The van der Waals surface area contributed by atoms with Crippen LogP contribution in [0.25, 0.3) is 10.8 Å². The van der Waals surface area contributed by atoms with E-state index in [2.05, 4.69) is 35.4 Å². The molecule has 0 saturated carbocycles. The predicted molar refractivity (Wildman–Crippen MR) is 59.8 cm³/mol. The third-order valence-corrected chi connectivity index (χ3v) is 3.32. The highest BCUT2D eigenvalue weighted by Gasteiger charge is 2.11. The molecule has 0 atom stereocenters. The zero-order valence-electron chi connectivity index (χ0n) is 9.00. The lowest BCUT2D eigenvalue weighted by atomic mass is 10.3. The molecule has 2 rings (SSSR count). The van der Waals surface area contributed by atoms with Crippen molar-refractivity contribution in [2.24, 2.45) is 0 Å². The molecule has 0 aliphatic carbocycles. The van der Waals surface area contributed by atoms with Crippen molar-refractivity contribution in [3.8, 4) is 10.8 Å². The van der Waals surface area contributed by atoms with Gasteiger partial charge in [-0.05, 0) is 32.5 Å². The first-order chi connectivity index (χ1) is 7.20. The van der Waals surface area contributed by atoms with E-state index in [1.807, 2.05) is 7.05 Å².